The minimum Gasteiger partial charge on any atom is -0.205 e. The van der Waals surface area contributed by atoms with Crippen LogP contribution in [-0.4, -0.2) is 0 Å². The zero-order chi connectivity index (χ0) is 22.5. The Bertz CT molecular complexity index is 1030. The largest absolute Gasteiger partial charge is 0.205 e. The lowest BCUT2D eigenvalue weighted by Crippen LogP contribution is -2.27. The first kappa shape index (κ1) is 22.7. The van der Waals surface area contributed by atoms with E-state index < -0.39 is 11.6 Å². The zero-order valence-electron chi connectivity index (χ0n) is 18.8. The summed E-state index contributed by atoms with van der Waals surface area (Å²) in [6.45, 7) is 2.09. The van der Waals surface area contributed by atoms with Crippen LogP contribution >= 0.6 is 0 Å². The summed E-state index contributed by atoms with van der Waals surface area (Å²) in [6.07, 6.45) is 15.0. The molecule has 0 spiro atoms. The van der Waals surface area contributed by atoms with Gasteiger partial charge in [-0.25, -0.2) is 13.2 Å². The number of allylic oxidation sites excluding steroid dienone is 2. The Kier molecular flexibility index (Phi) is 7.40. The van der Waals surface area contributed by atoms with Gasteiger partial charge in [0.05, 0.1) is 5.56 Å². The van der Waals surface area contributed by atoms with Crippen LogP contribution in [0.25, 0.3) is 0 Å². The molecule has 0 amide bonds. The van der Waals surface area contributed by atoms with E-state index in [0.717, 1.165) is 54.4 Å². The topological polar surface area (TPSA) is 0 Å². The second-order valence-corrected chi connectivity index (χ2v) is 9.37. The average Bonchev–Trinajstić information content (AvgIpc) is 2.81. The second-order valence-electron chi connectivity index (χ2n) is 9.37. The van der Waals surface area contributed by atoms with Crippen LogP contribution in [-0.2, 0) is 12.8 Å². The Labute approximate surface area is 189 Å². The van der Waals surface area contributed by atoms with E-state index in [4.69, 9.17) is 0 Å². The van der Waals surface area contributed by atoms with Gasteiger partial charge in [0.25, 0.3) is 0 Å². The van der Waals surface area contributed by atoms with Gasteiger partial charge in [0.1, 0.15) is 5.82 Å². The van der Waals surface area contributed by atoms with Crippen LogP contribution in [0.15, 0.2) is 42.5 Å². The molecule has 2 aromatic carbocycles. The van der Waals surface area contributed by atoms with Crippen LogP contribution in [0, 0.1) is 47.0 Å². The molecule has 0 N–H and O–H groups in total. The minimum atomic E-state index is -0.944. The molecular formula is C29H31F3. The van der Waals surface area contributed by atoms with Gasteiger partial charge in [-0.1, -0.05) is 42.9 Å². The van der Waals surface area contributed by atoms with Gasteiger partial charge in [0.2, 0.25) is 0 Å². The van der Waals surface area contributed by atoms with Gasteiger partial charge < -0.3 is 0 Å². The van der Waals surface area contributed by atoms with Crippen LogP contribution in [0.2, 0.25) is 0 Å². The van der Waals surface area contributed by atoms with Crippen LogP contribution in [0.5, 0.6) is 0 Å². The van der Waals surface area contributed by atoms with Crippen molar-refractivity contribution in [3.8, 4) is 11.8 Å². The lowest BCUT2D eigenvalue weighted by molar-refractivity contribution is 0.184. The molecule has 1 unspecified atom stereocenters. The van der Waals surface area contributed by atoms with Crippen molar-refractivity contribution in [3.05, 3.63) is 82.2 Å². The maximum Gasteiger partial charge on any atom is 0.160 e. The molecule has 3 heteroatoms. The molecule has 168 valence electrons. The summed E-state index contributed by atoms with van der Waals surface area (Å²) < 4.78 is 41.6. The van der Waals surface area contributed by atoms with E-state index >= 15 is 4.39 Å². The normalized spacial score (nSPS) is 22.9. The molecule has 0 heterocycles. The molecule has 1 atom stereocenters. The maximum absolute atomic E-state index is 15.1. The van der Waals surface area contributed by atoms with Crippen molar-refractivity contribution in [3.63, 3.8) is 0 Å². The molecule has 2 aliphatic carbocycles. The summed E-state index contributed by atoms with van der Waals surface area (Å²) in [5.74, 6) is 5.74. The van der Waals surface area contributed by atoms with Crippen LogP contribution in [0.1, 0.15) is 74.1 Å². The van der Waals surface area contributed by atoms with Gasteiger partial charge in [-0.2, -0.15) is 0 Å². The van der Waals surface area contributed by atoms with Crippen molar-refractivity contribution < 1.29 is 13.2 Å². The molecule has 1 saturated carbocycles. The van der Waals surface area contributed by atoms with Crippen molar-refractivity contribution in [1.29, 1.82) is 0 Å². The summed E-state index contributed by atoms with van der Waals surface area (Å²) in [6, 6.07) is 7.24. The van der Waals surface area contributed by atoms with E-state index in [1.807, 2.05) is 6.07 Å². The predicted octanol–water partition coefficient (Wildman–Crippen LogP) is 7.77. The highest BCUT2D eigenvalue weighted by molar-refractivity contribution is 5.47. The third kappa shape index (κ3) is 5.29. The summed E-state index contributed by atoms with van der Waals surface area (Å²) >= 11 is 0. The van der Waals surface area contributed by atoms with Crippen molar-refractivity contribution in [2.24, 2.45) is 17.8 Å². The second kappa shape index (κ2) is 10.4. The van der Waals surface area contributed by atoms with Crippen molar-refractivity contribution in [2.75, 3.05) is 0 Å². The summed E-state index contributed by atoms with van der Waals surface area (Å²) in [7, 11) is 0. The van der Waals surface area contributed by atoms with Crippen molar-refractivity contribution in [1.82, 2.24) is 0 Å². The SMILES string of the molecule is C/C=C/CCC1CCC(C2CCc3c(ccc(C#Cc4ccc(F)c(F)c4)c3F)C2)CC1. The molecular weight excluding hydrogens is 405 g/mol. The Balaban J connectivity index is 1.40. The molecule has 2 aliphatic rings. The van der Waals surface area contributed by atoms with Gasteiger partial charge in [0, 0.05) is 5.56 Å². The first-order valence-electron chi connectivity index (χ1n) is 11.9. The fraction of sp³-hybridized carbons (Fsp3) is 0.448. The fourth-order valence-corrected chi connectivity index (χ4v) is 5.50. The van der Waals surface area contributed by atoms with Crippen molar-refractivity contribution >= 4 is 0 Å². The van der Waals surface area contributed by atoms with Gasteiger partial charge in [-0.05, 0) is 105 Å². The maximum atomic E-state index is 15.1. The van der Waals surface area contributed by atoms with Crippen LogP contribution in [0.3, 0.4) is 0 Å². The smallest absolute Gasteiger partial charge is 0.160 e. The molecule has 0 aliphatic heterocycles. The molecule has 0 bridgehead atoms. The first-order chi connectivity index (χ1) is 15.5. The molecule has 2 aromatic rings. The molecule has 1 fully saturated rings. The quantitative estimate of drug-likeness (QED) is 0.339. The molecule has 4 rings (SSSR count). The standard InChI is InChI=1S/C29H31F3/c1-2-3-4-5-20-6-10-22(11-7-20)24-15-16-26-25(19-24)14-13-23(29(26)32)12-8-21-9-17-27(30)28(31)18-21/h2-3,9,13-14,17-18,20,22,24H,4-7,10-11,15-16,19H2,1H3/b3-2+. The van der Waals surface area contributed by atoms with Gasteiger partial charge in [-0.3, -0.25) is 0 Å². The summed E-state index contributed by atoms with van der Waals surface area (Å²) in [4.78, 5) is 0. The third-order valence-corrected chi connectivity index (χ3v) is 7.38. The molecule has 32 heavy (non-hydrogen) atoms. The van der Waals surface area contributed by atoms with E-state index in [0.29, 0.717) is 17.0 Å². The summed E-state index contributed by atoms with van der Waals surface area (Å²) in [5, 5.41) is 0. The fourth-order valence-electron chi connectivity index (χ4n) is 5.50. The van der Waals surface area contributed by atoms with Gasteiger partial charge in [-0.15, -0.1) is 0 Å². The highest BCUT2D eigenvalue weighted by Crippen LogP contribution is 2.41. The van der Waals surface area contributed by atoms with Gasteiger partial charge in [0.15, 0.2) is 11.6 Å². The third-order valence-electron chi connectivity index (χ3n) is 7.38. The minimum absolute atomic E-state index is 0.247. The van der Waals surface area contributed by atoms with E-state index in [2.05, 4.69) is 30.9 Å². The summed E-state index contributed by atoms with van der Waals surface area (Å²) in [5.41, 5.74) is 2.57. The predicted molar refractivity (Wildman–Crippen MR) is 124 cm³/mol. The molecule has 0 nitrogen and oxygen atoms in total. The number of benzene rings is 2. The van der Waals surface area contributed by atoms with E-state index in [9.17, 15) is 8.78 Å². The highest BCUT2D eigenvalue weighted by atomic mass is 19.2. The Morgan fingerprint density at radius 2 is 1.72 bits per heavy atom. The molecule has 0 saturated heterocycles. The molecule has 0 radical (unpaired) electrons. The lowest BCUT2D eigenvalue weighted by Gasteiger charge is -2.36. The van der Waals surface area contributed by atoms with Gasteiger partial charge >= 0.3 is 0 Å². The Hall–Kier alpha value is -2.47. The zero-order valence-corrected chi connectivity index (χ0v) is 18.8. The van der Waals surface area contributed by atoms with Crippen molar-refractivity contribution in [2.45, 2.75) is 64.7 Å². The Morgan fingerprint density at radius 3 is 2.47 bits per heavy atom. The molecule has 0 aromatic heterocycles. The number of fused-ring (bicyclic) bond motifs is 1. The van der Waals surface area contributed by atoms with E-state index in [1.165, 1.54) is 44.6 Å². The van der Waals surface area contributed by atoms with E-state index in [-0.39, 0.29) is 5.82 Å². The van der Waals surface area contributed by atoms with Crippen LogP contribution < -0.4 is 0 Å². The monoisotopic (exact) mass is 436 g/mol. The lowest BCUT2D eigenvalue weighted by atomic mass is 9.69. The first-order valence-corrected chi connectivity index (χ1v) is 11.9. The number of hydrogen-bond acceptors (Lipinski definition) is 0. The highest BCUT2D eigenvalue weighted by Gasteiger charge is 2.31. The number of hydrogen-bond donors (Lipinski definition) is 0. The van der Waals surface area contributed by atoms with Crippen LogP contribution in [0.4, 0.5) is 13.2 Å². The number of halogens is 3. The van der Waals surface area contributed by atoms with E-state index in [1.54, 1.807) is 6.07 Å². The number of rotatable bonds is 4. The Morgan fingerprint density at radius 1 is 0.906 bits per heavy atom. The average molecular weight is 437 g/mol.